The van der Waals surface area contributed by atoms with Crippen molar-refractivity contribution in [2.45, 2.75) is 36.9 Å². The van der Waals surface area contributed by atoms with Gasteiger partial charge in [0.2, 0.25) is 5.91 Å². The van der Waals surface area contributed by atoms with Crippen molar-refractivity contribution in [3.8, 4) is 0 Å². The molecule has 0 spiro atoms. The maximum atomic E-state index is 11.6. The van der Waals surface area contributed by atoms with Gasteiger partial charge >= 0.3 is 6.03 Å². The smallest absolute Gasteiger partial charge is 0.321 e. The maximum Gasteiger partial charge on any atom is 0.321 e. The van der Waals surface area contributed by atoms with Crippen LogP contribution in [0.5, 0.6) is 0 Å². The highest BCUT2D eigenvalue weighted by molar-refractivity contribution is 7.99. The van der Waals surface area contributed by atoms with Gasteiger partial charge in [-0.25, -0.2) is 4.79 Å². The first-order valence-electron chi connectivity index (χ1n) is 7.77. The highest BCUT2D eigenvalue weighted by Crippen LogP contribution is 2.40. The molecule has 24 heavy (non-hydrogen) atoms. The Morgan fingerprint density at radius 3 is 2.92 bits per heavy atom. The fourth-order valence-corrected chi connectivity index (χ4v) is 3.13. The molecule has 0 aromatic carbocycles. The topological polar surface area (TPSA) is 102 Å². The number of rotatable bonds is 7. The Labute approximate surface area is 143 Å². The van der Waals surface area contributed by atoms with E-state index in [-0.39, 0.29) is 12.3 Å². The third kappa shape index (κ3) is 4.16. The summed E-state index contributed by atoms with van der Waals surface area (Å²) in [6.07, 6.45) is 4.14. The average molecular weight is 349 g/mol. The highest BCUT2D eigenvalue weighted by Gasteiger charge is 2.30. The summed E-state index contributed by atoms with van der Waals surface area (Å²) >= 11 is 1.45. The van der Waals surface area contributed by atoms with Gasteiger partial charge in [0.1, 0.15) is 11.6 Å². The molecule has 1 aliphatic rings. The quantitative estimate of drug-likeness (QED) is 0.738. The molecular weight excluding hydrogens is 330 g/mol. The molecule has 0 unspecified atom stereocenters. The van der Waals surface area contributed by atoms with Gasteiger partial charge in [-0.05, 0) is 25.0 Å². The predicted molar refractivity (Wildman–Crippen MR) is 87.7 cm³/mol. The Kier molecular flexibility index (Phi) is 5.19. The minimum Gasteiger partial charge on any atom is -0.467 e. The van der Waals surface area contributed by atoms with Crippen LogP contribution in [-0.4, -0.2) is 39.5 Å². The first kappa shape index (κ1) is 16.6. The Bertz CT molecular complexity index is 709. The SMILES string of the molecule is CNC(=O)NC(=O)CCSc1nnc(C2CC2)n1Cc1ccco1. The molecule has 1 aliphatic carbocycles. The standard InChI is InChI=1S/C15H19N5O3S/c1-16-14(22)17-12(21)6-8-24-15-19-18-13(10-4-5-10)20(15)9-11-3-2-7-23-11/h2-3,7,10H,4-6,8-9H2,1H3,(H2,16,17,21,22). The van der Waals surface area contributed by atoms with Crippen molar-refractivity contribution >= 4 is 23.7 Å². The van der Waals surface area contributed by atoms with E-state index in [4.69, 9.17) is 4.42 Å². The minimum atomic E-state index is -0.498. The first-order valence-corrected chi connectivity index (χ1v) is 8.75. The lowest BCUT2D eigenvalue weighted by Crippen LogP contribution is -2.37. The van der Waals surface area contributed by atoms with Crippen LogP contribution in [0.1, 0.15) is 36.8 Å². The van der Waals surface area contributed by atoms with Gasteiger partial charge in [0, 0.05) is 25.1 Å². The van der Waals surface area contributed by atoms with Crippen molar-refractivity contribution < 1.29 is 14.0 Å². The minimum absolute atomic E-state index is 0.227. The molecule has 128 valence electrons. The van der Waals surface area contributed by atoms with Gasteiger partial charge < -0.3 is 9.73 Å². The third-order valence-electron chi connectivity index (χ3n) is 3.62. The molecule has 9 heteroatoms. The van der Waals surface area contributed by atoms with E-state index in [9.17, 15) is 9.59 Å². The molecule has 2 N–H and O–H groups in total. The number of nitrogens with one attached hydrogen (secondary N) is 2. The van der Waals surface area contributed by atoms with Gasteiger partial charge in [-0.15, -0.1) is 10.2 Å². The van der Waals surface area contributed by atoms with Gasteiger partial charge in [0.25, 0.3) is 0 Å². The molecule has 3 amide bonds. The van der Waals surface area contributed by atoms with E-state index in [2.05, 4.69) is 25.4 Å². The number of carbonyl (C=O) groups is 2. The zero-order valence-corrected chi connectivity index (χ0v) is 14.1. The molecule has 0 aliphatic heterocycles. The molecule has 2 aromatic rings. The maximum absolute atomic E-state index is 11.6. The van der Waals surface area contributed by atoms with Crippen LogP contribution in [0.25, 0.3) is 0 Å². The summed E-state index contributed by atoms with van der Waals surface area (Å²) in [7, 11) is 1.47. The van der Waals surface area contributed by atoms with Crippen LogP contribution in [0, 0.1) is 0 Å². The number of urea groups is 1. The van der Waals surface area contributed by atoms with Crippen LogP contribution >= 0.6 is 11.8 Å². The number of nitrogens with zero attached hydrogens (tertiary/aromatic N) is 3. The number of carbonyl (C=O) groups excluding carboxylic acids is 2. The third-order valence-corrected chi connectivity index (χ3v) is 4.59. The van der Waals surface area contributed by atoms with Crippen molar-refractivity contribution in [1.29, 1.82) is 0 Å². The van der Waals surface area contributed by atoms with Crippen LogP contribution < -0.4 is 10.6 Å². The second kappa shape index (κ2) is 7.52. The largest absolute Gasteiger partial charge is 0.467 e. The zero-order valence-electron chi connectivity index (χ0n) is 13.3. The Balaban J connectivity index is 1.60. The summed E-state index contributed by atoms with van der Waals surface area (Å²) in [5, 5.41) is 13.9. The van der Waals surface area contributed by atoms with E-state index in [1.165, 1.54) is 18.8 Å². The lowest BCUT2D eigenvalue weighted by molar-refractivity contribution is -0.119. The summed E-state index contributed by atoms with van der Waals surface area (Å²) in [5.41, 5.74) is 0. The summed E-state index contributed by atoms with van der Waals surface area (Å²) in [4.78, 5) is 22.7. The normalized spacial score (nSPS) is 13.7. The second-order valence-corrected chi connectivity index (χ2v) is 6.57. The lowest BCUT2D eigenvalue weighted by atomic mass is 10.3. The number of amides is 3. The van der Waals surface area contributed by atoms with Gasteiger partial charge in [-0.1, -0.05) is 11.8 Å². The van der Waals surface area contributed by atoms with Crippen LogP contribution in [0.3, 0.4) is 0 Å². The summed E-state index contributed by atoms with van der Waals surface area (Å²) in [5.74, 6) is 2.49. The highest BCUT2D eigenvalue weighted by atomic mass is 32.2. The number of hydrogen-bond donors (Lipinski definition) is 2. The van der Waals surface area contributed by atoms with Crippen LogP contribution in [0.15, 0.2) is 28.0 Å². The lowest BCUT2D eigenvalue weighted by Gasteiger charge is -2.08. The van der Waals surface area contributed by atoms with Crippen LogP contribution in [0.2, 0.25) is 0 Å². The number of hydrogen-bond acceptors (Lipinski definition) is 6. The van der Waals surface area contributed by atoms with E-state index in [0.717, 1.165) is 29.6 Å². The van der Waals surface area contributed by atoms with E-state index >= 15 is 0 Å². The van der Waals surface area contributed by atoms with E-state index < -0.39 is 6.03 Å². The van der Waals surface area contributed by atoms with Gasteiger partial charge in [0.05, 0.1) is 12.8 Å². The monoisotopic (exact) mass is 349 g/mol. The average Bonchev–Trinajstić information content (AvgIpc) is 3.14. The first-order chi connectivity index (χ1) is 11.7. The second-order valence-electron chi connectivity index (χ2n) is 5.51. The molecule has 2 heterocycles. The molecule has 0 atom stereocenters. The predicted octanol–water partition coefficient (Wildman–Crippen LogP) is 1.73. The molecule has 0 saturated heterocycles. The van der Waals surface area contributed by atoms with Crippen LogP contribution in [0.4, 0.5) is 4.79 Å². The van der Waals surface area contributed by atoms with Crippen molar-refractivity contribution in [2.75, 3.05) is 12.8 Å². The number of furan rings is 1. The Hall–Kier alpha value is -2.29. The van der Waals surface area contributed by atoms with Crippen molar-refractivity contribution in [3.63, 3.8) is 0 Å². The molecule has 1 fully saturated rings. The van der Waals surface area contributed by atoms with Gasteiger partial charge in [-0.2, -0.15) is 0 Å². The molecular formula is C15H19N5O3S. The molecule has 0 bridgehead atoms. The summed E-state index contributed by atoms with van der Waals surface area (Å²) < 4.78 is 7.47. The Morgan fingerprint density at radius 1 is 1.42 bits per heavy atom. The van der Waals surface area contributed by atoms with E-state index in [1.54, 1.807) is 6.26 Å². The summed E-state index contributed by atoms with van der Waals surface area (Å²) in [6.45, 7) is 0.582. The molecule has 3 rings (SSSR count). The number of aromatic nitrogens is 3. The van der Waals surface area contributed by atoms with Crippen LogP contribution in [-0.2, 0) is 11.3 Å². The van der Waals surface area contributed by atoms with Gasteiger partial charge in [0.15, 0.2) is 5.16 Å². The van der Waals surface area contributed by atoms with Crippen molar-refractivity contribution in [2.24, 2.45) is 0 Å². The fraction of sp³-hybridized carbons (Fsp3) is 0.467. The summed E-state index contributed by atoms with van der Waals surface area (Å²) in [6, 6.07) is 3.27. The molecule has 0 radical (unpaired) electrons. The Morgan fingerprint density at radius 2 is 2.25 bits per heavy atom. The molecule has 8 nitrogen and oxygen atoms in total. The van der Waals surface area contributed by atoms with Crippen molar-refractivity contribution in [1.82, 2.24) is 25.4 Å². The van der Waals surface area contributed by atoms with E-state index in [1.807, 2.05) is 12.1 Å². The molecule has 2 aromatic heterocycles. The fourth-order valence-electron chi connectivity index (χ4n) is 2.24. The number of imide groups is 1. The van der Waals surface area contributed by atoms with Crippen molar-refractivity contribution in [3.05, 3.63) is 30.0 Å². The zero-order chi connectivity index (χ0) is 16.9. The number of thioether (sulfide) groups is 1. The van der Waals surface area contributed by atoms with Gasteiger partial charge in [-0.3, -0.25) is 14.7 Å². The van der Waals surface area contributed by atoms with E-state index in [0.29, 0.717) is 18.2 Å². The molecule has 1 saturated carbocycles.